The van der Waals surface area contributed by atoms with Crippen LogP contribution in [0.2, 0.25) is 0 Å². The van der Waals surface area contributed by atoms with Gasteiger partial charge in [-0.1, -0.05) is 38.1 Å². The van der Waals surface area contributed by atoms with E-state index in [-0.39, 0.29) is 30.6 Å². The summed E-state index contributed by atoms with van der Waals surface area (Å²) in [5, 5.41) is 13.8. The van der Waals surface area contributed by atoms with Crippen molar-refractivity contribution in [2.45, 2.75) is 57.7 Å². The fraction of sp³-hybridized carbons (Fsp3) is 0.481. The molecule has 0 aliphatic carbocycles. The van der Waals surface area contributed by atoms with E-state index in [1.165, 1.54) is 26.2 Å². The Morgan fingerprint density at radius 2 is 1.83 bits per heavy atom. The van der Waals surface area contributed by atoms with Gasteiger partial charge in [0, 0.05) is 31.8 Å². The van der Waals surface area contributed by atoms with Crippen LogP contribution in [-0.2, 0) is 15.1 Å². The van der Waals surface area contributed by atoms with Crippen LogP contribution < -0.4 is 10.2 Å². The predicted molar refractivity (Wildman–Crippen MR) is 134 cm³/mol. The van der Waals surface area contributed by atoms with Crippen molar-refractivity contribution >= 4 is 17.7 Å². The summed E-state index contributed by atoms with van der Waals surface area (Å²) in [5.74, 6) is -1.59. The molecule has 2 amide bonds. The highest BCUT2D eigenvalue weighted by atomic mass is 19.1. The Hall–Kier alpha value is -3.20. The second kappa shape index (κ2) is 11.2. The van der Waals surface area contributed by atoms with Crippen LogP contribution >= 0.6 is 0 Å². The molecular formula is C27H35F2N3O4. The minimum atomic E-state index is -1.07. The molecule has 0 radical (unpaired) electrons. The lowest BCUT2D eigenvalue weighted by molar-refractivity contribution is -0.120. The molecule has 36 heavy (non-hydrogen) atoms. The van der Waals surface area contributed by atoms with Gasteiger partial charge >= 0.3 is 6.09 Å². The van der Waals surface area contributed by atoms with Gasteiger partial charge in [-0.15, -0.1) is 0 Å². The van der Waals surface area contributed by atoms with Crippen LogP contribution in [0.3, 0.4) is 0 Å². The van der Waals surface area contributed by atoms with Gasteiger partial charge in [0.1, 0.15) is 11.6 Å². The molecule has 9 heteroatoms. The molecular weight excluding hydrogens is 468 g/mol. The molecule has 0 aromatic heterocycles. The van der Waals surface area contributed by atoms with E-state index in [0.717, 1.165) is 17.2 Å². The standard InChI is InChI=1S/C27H35F2N3O4/c1-17(2)20-7-6-8-21(11-20)27(9-10-31(16-27)26(35)36-5)32(15-25(34)18(3)30-19(4)33)24-13-22(28)12-23(29)14-24/h6-8,11-14,17-18,25,34H,9-10,15-16H2,1-5H3,(H,30,33)/t18-,25+,27?/m1/s1. The molecule has 196 valence electrons. The molecule has 1 heterocycles. The molecule has 0 bridgehead atoms. The van der Waals surface area contributed by atoms with Crippen LogP contribution in [0.1, 0.15) is 51.2 Å². The van der Waals surface area contributed by atoms with Gasteiger partial charge in [0.15, 0.2) is 0 Å². The Morgan fingerprint density at radius 1 is 1.17 bits per heavy atom. The molecule has 1 unspecified atom stereocenters. The summed E-state index contributed by atoms with van der Waals surface area (Å²) < 4.78 is 33.8. The Labute approximate surface area is 211 Å². The van der Waals surface area contributed by atoms with Crippen molar-refractivity contribution in [1.29, 1.82) is 0 Å². The van der Waals surface area contributed by atoms with E-state index in [0.29, 0.717) is 13.0 Å². The zero-order valence-corrected chi connectivity index (χ0v) is 21.4. The molecule has 1 aliphatic rings. The van der Waals surface area contributed by atoms with Crippen molar-refractivity contribution in [3.05, 3.63) is 65.2 Å². The number of amides is 2. The Morgan fingerprint density at radius 3 is 2.42 bits per heavy atom. The number of methoxy groups -OCH3 is 1. The van der Waals surface area contributed by atoms with Gasteiger partial charge in [0.2, 0.25) is 5.91 Å². The zero-order valence-electron chi connectivity index (χ0n) is 21.4. The molecule has 0 spiro atoms. The Balaban J connectivity index is 2.19. The summed E-state index contributed by atoms with van der Waals surface area (Å²) in [6.07, 6.45) is -1.14. The molecule has 7 nitrogen and oxygen atoms in total. The van der Waals surface area contributed by atoms with Crippen molar-refractivity contribution < 1.29 is 28.2 Å². The molecule has 2 N–H and O–H groups in total. The average Bonchev–Trinajstić information content (AvgIpc) is 3.27. The molecule has 2 aromatic carbocycles. The van der Waals surface area contributed by atoms with Gasteiger partial charge in [-0.25, -0.2) is 13.6 Å². The molecule has 3 rings (SSSR count). The van der Waals surface area contributed by atoms with Crippen molar-refractivity contribution in [1.82, 2.24) is 10.2 Å². The van der Waals surface area contributed by atoms with E-state index in [1.807, 2.05) is 24.3 Å². The summed E-state index contributed by atoms with van der Waals surface area (Å²) in [7, 11) is 1.31. The summed E-state index contributed by atoms with van der Waals surface area (Å²) in [6.45, 7) is 7.64. The number of likely N-dealkylation sites (tertiary alicyclic amines) is 1. The third-order valence-electron chi connectivity index (χ3n) is 6.82. The summed E-state index contributed by atoms with van der Waals surface area (Å²) in [4.78, 5) is 27.4. The van der Waals surface area contributed by atoms with Crippen molar-refractivity contribution in [2.24, 2.45) is 0 Å². The number of carbonyl (C=O) groups excluding carboxylic acids is 2. The third kappa shape index (κ3) is 5.95. The van der Waals surface area contributed by atoms with Crippen LogP contribution in [0.4, 0.5) is 19.3 Å². The Kier molecular flexibility index (Phi) is 8.55. The maximum atomic E-state index is 14.4. The number of carbonyl (C=O) groups is 2. The number of benzene rings is 2. The van der Waals surface area contributed by atoms with Gasteiger partial charge in [-0.05, 0) is 42.5 Å². The number of halogens is 2. The predicted octanol–water partition coefficient (Wildman–Crippen LogP) is 4.15. The summed E-state index contributed by atoms with van der Waals surface area (Å²) >= 11 is 0. The fourth-order valence-corrected chi connectivity index (χ4v) is 4.86. The zero-order chi connectivity index (χ0) is 26.6. The largest absolute Gasteiger partial charge is 0.453 e. The minimum absolute atomic E-state index is 0.0503. The molecule has 1 aliphatic heterocycles. The van der Waals surface area contributed by atoms with E-state index >= 15 is 0 Å². The number of anilines is 1. The van der Waals surface area contributed by atoms with Gasteiger partial charge in [0.25, 0.3) is 0 Å². The number of nitrogens with one attached hydrogen (secondary N) is 1. The van der Waals surface area contributed by atoms with Crippen LogP contribution in [0, 0.1) is 11.6 Å². The summed E-state index contributed by atoms with van der Waals surface area (Å²) in [5.41, 5.74) is 1.23. The highest BCUT2D eigenvalue weighted by Crippen LogP contribution is 2.42. The summed E-state index contributed by atoms with van der Waals surface area (Å²) in [6, 6.07) is 10.5. The van der Waals surface area contributed by atoms with Crippen molar-refractivity contribution in [3.8, 4) is 0 Å². The number of hydrogen-bond donors (Lipinski definition) is 2. The van der Waals surface area contributed by atoms with E-state index < -0.39 is 35.4 Å². The van der Waals surface area contributed by atoms with Gasteiger partial charge in [-0.2, -0.15) is 0 Å². The lowest BCUT2D eigenvalue weighted by Gasteiger charge is -2.45. The van der Waals surface area contributed by atoms with E-state index in [2.05, 4.69) is 19.2 Å². The maximum Gasteiger partial charge on any atom is 0.409 e. The van der Waals surface area contributed by atoms with Crippen molar-refractivity contribution in [2.75, 3.05) is 31.6 Å². The first-order valence-corrected chi connectivity index (χ1v) is 12.1. The topological polar surface area (TPSA) is 82.1 Å². The highest BCUT2D eigenvalue weighted by Gasteiger charge is 2.47. The van der Waals surface area contributed by atoms with Crippen molar-refractivity contribution in [3.63, 3.8) is 0 Å². The second-order valence-electron chi connectivity index (χ2n) is 9.75. The monoisotopic (exact) mass is 503 g/mol. The molecule has 3 atom stereocenters. The number of ether oxygens (including phenoxy) is 1. The third-order valence-corrected chi connectivity index (χ3v) is 6.82. The molecule has 2 aromatic rings. The first-order valence-electron chi connectivity index (χ1n) is 12.1. The lowest BCUT2D eigenvalue weighted by Crippen LogP contribution is -2.55. The number of aliphatic hydroxyl groups excluding tert-OH is 1. The van der Waals surface area contributed by atoms with Gasteiger partial charge in [0.05, 0.1) is 31.3 Å². The quantitative estimate of drug-likeness (QED) is 0.566. The maximum absolute atomic E-state index is 14.4. The minimum Gasteiger partial charge on any atom is -0.453 e. The van der Waals surface area contributed by atoms with Gasteiger partial charge in [-0.3, -0.25) is 4.79 Å². The number of aliphatic hydroxyl groups is 1. The number of nitrogens with zero attached hydrogens (tertiary/aromatic N) is 2. The smallest absolute Gasteiger partial charge is 0.409 e. The van der Waals surface area contributed by atoms with E-state index in [4.69, 9.17) is 4.74 Å². The van der Waals surface area contributed by atoms with E-state index in [9.17, 15) is 23.5 Å². The average molecular weight is 504 g/mol. The molecule has 0 saturated carbocycles. The van der Waals surface area contributed by atoms with Crippen LogP contribution in [0.15, 0.2) is 42.5 Å². The molecule has 1 saturated heterocycles. The van der Waals surface area contributed by atoms with E-state index in [1.54, 1.807) is 16.7 Å². The first-order chi connectivity index (χ1) is 17.0. The number of rotatable bonds is 8. The van der Waals surface area contributed by atoms with Crippen LogP contribution in [-0.4, -0.2) is 60.9 Å². The normalized spacial score (nSPS) is 19.2. The highest BCUT2D eigenvalue weighted by molar-refractivity contribution is 5.73. The van der Waals surface area contributed by atoms with Crippen LogP contribution in [0.5, 0.6) is 0 Å². The first kappa shape index (κ1) is 27.4. The number of hydrogen-bond acceptors (Lipinski definition) is 5. The van der Waals surface area contributed by atoms with Gasteiger partial charge < -0.3 is 25.0 Å². The van der Waals surface area contributed by atoms with Crippen LogP contribution in [0.25, 0.3) is 0 Å². The lowest BCUT2D eigenvalue weighted by atomic mass is 9.83. The fourth-order valence-electron chi connectivity index (χ4n) is 4.86. The Bertz CT molecular complexity index is 1080. The SMILES string of the molecule is COC(=O)N1CCC(c2cccc(C(C)C)c2)(N(C[C@H](O)[C@@H](C)NC(C)=O)c2cc(F)cc(F)c2)C1. The second-order valence-corrected chi connectivity index (χ2v) is 9.75. The molecule has 1 fully saturated rings.